The fraction of sp³-hybridized carbons (Fsp3) is 0.739. The zero-order valence-corrected chi connectivity index (χ0v) is 19.6. The van der Waals surface area contributed by atoms with Gasteiger partial charge in [-0.25, -0.2) is 0 Å². The van der Waals surface area contributed by atoms with Crippen LogP contribution >= 0.6 is 22.6 Å². The van der Waals surface area contributed by atoms with Crippen LogP contribution in [0, 0.1) is 5.92 Å². The van der Waals surface area contributed by atoms with Crippen LogP contribution in [0.5, 0.6) is 5.75 Å². The molecule has 1 aliphatic heterocycles. The Bertz CT molecular complexity index is 778. The molecule has 1 aromatic carbocycles. The number of methoxy groups -OCH3 is 1. The first kappa shape index (κ1) is 20.5. The van der Waals surface area contributed by atoms with Crippen molar-refractivity contribution in [1.29, 1.82) is 0 Å². The van der Waals surface area contributed by atoms with Gasteiger partial charge in [0, 0.05) is 35.3 Å². The fourth-order valence-corrected chi connectivity index (χ4v) is 7.49. The summed E-state index contributed by atoms with van der Waals surface area (Å²) in [5.74, 6) is 1.09. The summed E-state index contributed by atoms with van der Waals surface area (Å²) in [7, 11) is 3.92. The van der Waals surface area contributed by atoms with E-state index in [0.29, 0.717) is 26.1 Å². The molecule has 3 atom stereocenters. The molecule has 1 unspecified atom stereocenters. The Labute approximate surface area is 187 Å². The van der Waals surface area contributed by atoms with Gasteiger partial charge in [-0.2, -0.15) is 0 Å². The largest absolute Gasteiger partial charge is 0.497 e. The predicted octanol–water partition coefficient (Wildman–Crippen LogP) is 3.29. The summed E-state index contributed by atoms with van der Waals surface area (Å²) >= 11 is 2.47. The van der Waals surface area contributed by atoms with E-state index in [1.54, 1.807) is 7.11 Å². The van der Waals surface area contributed by atoms with Gasteiger partial charge in [-0.15, -0.1) is 0 Å². The van der Waals surface area contributed by atoms with Gasteiger partial charge in [-0.3, -0.25) is 4.90 Å². The number of fused-ring (bicyclic) bond motifs is 3. The lowest BCUT2D eigenvalue weighted by Gasteiger charge is -2.61. The van der Waals surface area contributed by atoms with Crippen molar-refractivity contribution in [2.75, 3.05) is 38.3 Å². The second-order valence-corrected chi connectivity index (χ2v) is 10.3. The van der Waals surface area contributed by atoms with Gasteiger partial charge >= 0.3 is 0 Å². The average Bonchev–Trinajstić information content (AvgIpc) is 3.43. The van der Waals surface area contributed by atoms with Gasteiger partial charge in [0.1, 0.15) is 5.75 Å². The number of likely N-dealkylation sites (N-methyl/N-ethyl adjacent to an activating group) is 1. The molecular formula is C23H32INO4. The second-order valence-electron chi connectivity index (χ2n) is 9.55. The molecule has 3 aliphatic carbocycles. The number of hydrogen-bond acceptors (Lipinski definition) is 5. The zero-order valence-electron chi connectivity index (χ0n) is 17.5. The van der Waals surface area contributed by atoms with Crippen molar-refractivity contribution in [3.63, 3.8) is 0 Å². The molecule has 1 aromatic rings. The monoisotopic (exact) mass is 513 g/mol. The van der Waals surface area contributed by atoms with Crippen molar-refractivity contribution in [3.05, 3.63) is 29.3 Å². The van der Waals surface area contributed by atoms with Crippen molar-refractivity contribution < 1.29 is 19.3 Å². The second kappa shape index (κ2) is 7.33. The Hall–Kier alpha value is -0.410. The van der Waals surface area contributed by atoms with Gasteiger partial charge in [-0.05, 0) is 61.9 Å². The van der Waals surface area contributed by atoms with Crippen molar-refractivity contribution in [2.45, 2.75) is 61.4 Å². The minimum absolute atomic E-state index is 0.109. The van der Waals surface area contributed by atoms with Crippen LogP contribution in [0.15, 0.2) is 18.2 Å². The molecule has 160 valence electrons. The number of halogens is 1. The van der Waals surface area contributed by atoms with E-state index in [1.165, 1.54) is 24.0 Å². The molecule has 1 heterocycles. The quantitative estimate of drug-likeness (QED) is 0.484. The molecule has 5 nitrogen and oxygen atoms in total. The molecule has 0 aromatic heterocycles. The number of hydrogen-bond donors (Lipinski definition) is 1. The summed E-state index contributed by atoms with van der Waals surface area (Å²) in [5, 5.41) is 12.5. The first-order valence-corrected chi connectivity index (χ1v) is 12.4. The van der Waals surface area contributed by atoms with Gasteiger partial charge in [0.2, 0.25) is 0 Å². The van der Waals surface area contributed by atoms with Crippen LogP contribution in [-0.4, -0.2) is 65.8 Å². The highest BCUT2D eigenvalue weighted by Gasteiger charge is 2.66. The third-order valence-electron chi connectivity index (χ3n) is 7.90. The standard InChI is InChI=1S/C23H32INO4/c1-25(13-16-3-4-16)20-11-17-5-6-18(27-2)12-19(17)21(15-24)14-22(28-9-10-29-22)7-8-23(20,21)26/h5-6,12,16,20,26H,3-4,7-11,13-15H2,1-2H3/t20?,21-,23+/m1/s1. The smallest absolute Gasteiger partial charge is 0.169 e. The summed E-state index contributed by atoms with van der Waals surface area (Å²) in [6, 6.07) is 6.53. The van der Waals surface area contributed by atoms with Crippen LogP contribution in [0.25, 0.3) is 0 Å². The summed E-state index contributed by atoms with van der Waals surface area (Å²) in [5.41, 5.74) is 1.33. The van der Waals surface area contributed by atoms with Gasteiger partial charge in [0.25, 0.3) is 0 Å². The summed E-state index contributed by atoms with van der Waals surface area (Å²) in [6.45, 7) is 2.37. The topological polar surface area (TPSA) is 51.2 Å². The fourth-order valence-electron chi connectivity index (χ4n) is 6.15. The molecule has 4 aliphatic rings. The Morgan fingerprint density at radius 3 is 2.66 bits per heavy atom. The zero-order chi connectivity index (χ0) is 20.3. The Morgan fingerprint density at radius 1 is 1.24 bits per heavy atom. The lowest BCUT2D eigenvalue weighted by Crippen LogP contribution is -2.71. The normalized spacial score (nSPS) is 35.6. The molecular weight excluding hydrogens is 481 g/mol. The van der Waals surface area contributed by atoms with Crippen LogP contribution in [0.4, 0.5) is 0 Å². The first-order chi connectivity index (χ1) is 14.0. The predicted molar refractivity (Wildman–Crippen MR) is 120 cm³/mol. The number of aliphatic hydroxyl groups is 1. The highest BCUT2D eigenvalue weighted by molar-refractivity contribution is 14.1. The molecule has 3 fully saturated rings. The molecule has 0 radical (unpaired) electrons. The first-order valence-electron chi connectivity index (χ1n) is 10.9. The van der Waals surface area contributed by atoms with E-state index in [9.17, 15) is 5.11 Å². The summed E-state index contributed by atoms with van der Waals surface area (Å²) < 4.78 is 18.7. The van der Waals surface area contributed by atoms with E-state index in [2.05, 4.69) is 52.7 Å². The highest BCUT2D eigenvalue weighted by atomic mass is 127. The molecule has 0 amide bonds. The van der Waals surface area contributed by atoms with E-state index in [-0.39, 0.29) is 6.04 Å². The van der Waals surface area contributed by atoms with Gasteiger partial charge in [0.15, 0.2) is 5.79 Å². The van der Waals surface area contributed by atoms with E-state index in [0.717, 1.165) is 35.5 Å². The van der Waals surface area contributed by atoms with Crippen molar-refractivity contribution in [2.24, 2.45) is 5.92 Å². The SMILES string of the molecule is COc1ccc2c(c1)[C@]1(CI)CC3(CC[C@]1(O)C(N(C)CC1CC1)C2)OCCO3. The van der Waals surface area contributed by atoms with E-state index < -0.39 is 16.8 Å². The average molecular weight is 513 g/mol. The minimum atomic E-state index is -0.808. The maximum atomic E-state index is 12.5. The van der Waals surface area contributed by atoms with Crippen LogP contribution in [0.1, 0.15) is 43.2 Å². The number of benzene rings is 1. The lowest BCUT2D eigenvalue weighted by molar-refractivity contribution is -0.240. The van der Waals surface area contributed by atoms with Gasteiger partial charge < -0.3 is 19.3 Å². The molecule has 1 saturated heterocycles. The Morgan fingerprint density at radius 2 is 2.00 bits per heavy atom. The lowest BCUT2D eigenvalue weighted by atomic mass is 9.52. The number of rotatable bonds is 5. The van der Waals surface area contributed by atoms with Gasteiger partial charge in [0.05, 0.1) is 25.9 Å². The Balaban J connectivity index is 1.63. The van der Waals surface area contributed by atoms with E-state index in [4.69, 9.17) is 14.2 Å². The Kier molecular flexibility index (Phi) is 5.18. The minimum Gasteiger partial charge on any atom is -0.497 e. The van der Waals surface area contributed by atoms with Crippen LogP contribution < -0.4 is 4.74 Å². The molecule has 0 bridgehead atoms. The van der Waals surface area contributed by atoms with E-state index in [1.807, 2.05) is 0 Å². The maximum absolute atomic E-state index is 12.5. The molecule has 6 heteroatoms. The van der Waals surface area contributed by atoms with Crippen molar-refractivity contribution >= 4 is 22.6 Å². The maximum Gasteiger partial charge on any atom is 0.169 e. The van der Waals surface area contributed by atoms with Crippen molar-refractivity contribution in [1.82, 2.24) is 4.90 Å². The summed E-state index contributed by atoms with van der Waals surface area (Å²) in [6.07, 6.45) is 5.69. The van der Waals surface area contributed by atoms with E-state index >= 15 is 0 Å². The molecule has 2 saturated carbocycles. The molecule has 1 spiro atoms. The number of alkyl halides is 1. The van der Waals surface area contributed by atoms with Crippen LogP contribution in [-0.2, 0) is 21.3 Å². The molecule has 5 rings (SSSR count). The highest BCUT2D eigenvalue weighted by Crippen LogP contribution is 2.59. The number of nitrogens with zero attached hydrogens (tertiary/aromatic N) is 1. The van der Waals surface area contributed by atoms with Crippen molar-refractivity contribution in [3.8, 4) is 5.75 Å². The summed E-state index contributed by atoms with van der Waals surface area (Å²) in [4.78, 5) is 2.44. The number of ether oxygens (including phenoxy) is 3. The third kappa shape index (κ3) is 3.16. The molecule has 1 N–H and O–H groups in total. The van der Waals surface area contributed by atoms with Gasteiger partial charge in [-0.1, -0.05) is 28.7 Å². The third-order valence-corrected chi connectivity index (χ3v) is 9.20. The molecule has 29 heavy (non-hydrogen) atoms. The van der Waals surface area contributed by atoms with Crippen LogP contribution in [0.2, 0.25) is 0 Å². The van der Waals surface area contributed by atoms with Crippen LogP contribution in [0.3, 0.4) is 0 Å².